The molecule has 7 nitrogen and oxygen atoms in total. The smallest absolute Gasteiger partial charge is 0.248 e. The molecule has 0 saturated carbocycles. The summed E-state index contributed by atoms with van der Waals surface area (Å²) < 4.78 is 39.4. The van der Waals surface area contributed by atoms with Crippen molar-refractivity contribution in [3.05, 3.63) is 66.0 Å². The van der Waals surface area contributed by atoms with Crippen LogP contribution < -0.4 is 10.6 Å². The number of anilines is 1. The summed E-state index contributed by atoms with van der Waals surface area (Å²) >= 11 is 0. The lowest BCUT2D eigenvalue weighted by Gasteiger charge is -2.26. The summed E-state index contributed by atoms with van der Waals surface area (Å²) in [5.74, 6) is -1.19. The molecule has 9 heteroatoms. The average Bonchev–Trinajstić information content (AvgIpc) is 2.68. The molecule has 0 spiro atoms. The molecule has 146 valence electrons. The number of carbonyl (C=O) groups excluding carboxylic acids is 2. The van der Waals surface area contributed by atoms with E-state index in [2.05, 4.69) is 10.6 Å². The Bertz CT molecular complexity index is 1020. The molecule has 1 fully saturated rings. The van der Waals surface area contributed by atoms with Gasteiger partial charge in [0.25, 0.3) is 0 Å². The maximum absolute atomic E-state index is 12.9. The van der Waals surface area contributed by atoms with Gasteiger partial charge in [-0.3, -0.25) is 9.59 Å². The van der Waals surface area contributed by atoms with Crippen LogP contribution in [-0.4, -0.2) is 44.2 Å². The lowest BCUT2D eigenvalue weighted by Crippen LogP contribution is -2.49. The molecule has 2 aromatic rings. The summed E-state index contributed by atoms with van der Waals surface area (Å²) in [6.45, 7) is 0.201. The van der Waals surface area contributed by atoms with Crippen molar-refractivity contribution >= 4 is 33.6 Å². The van der Waals surface area contributed by atoms with Crippen LogP contribution in [0, 0.1) is 5.82 Å². The van der Waals surface area contributed by atoms with E-state index >= 15 is 0 Å². The van der Waals surface area contributed by atoms with Gasteiger partial charge in [0.1, 0.15) is 5.82 Å². The highest BCUT2D eigenvalue weighted by Gasteiger charge is 2.29. The van der Waals surface area contributed by atoms with Gasteiger partial charge in [-0.2, -0.15) is 4.31 Å². The number of halogens is 1. The molecule has 0 bridgehead atoms. The molecule has 0 aliphatic carbocycles. The van der Waals surface area contributed by atoms with E-state index in [4.69, 9.17) is 0 Å². The topological polar surface area (TPSA) is 95.6 Å². The minimum atomic E-state index is -3.84. The first-order valence-corrected chi connectivity index (χ1v) is 9.90. The van der Waals surface area contributed by atoms with Gasteiger partial charge in [-0.05, 0) is 42.0 Å². The Kier molecular flexibility index (Phi) is 5.86. The van der Waals surface area contributed by atoms with Crippen molar-refractivity contribution in [2.24, 2.45) is 0 Å². The normalized spacial score (nSPS) is 15.4. The first-order valence-electron chi connectivity index (χ1n) is 8.46. The van der Waals surface area contributed by atoms with E-state index in [-0.39, 0.29) is 36.3 Å². The van der Waals surface area contributed by atoms with Crippen LogP contribution in [0.15, 0.2) is 59.5 Å². The molecule has 2 N–H and O–H groups in total. The van der Waals surface area contributed by atoms with Gasteiger partial charge >= 0.3 is 0 Å². The van der Waals surface area contributed by atoms with Gasteiger partial charge in [-0.1, -0.05) is 18.2 Å². The van der Waals surface area contributed by atoms with Crippen molar-refractivity contribution < 1.29 is 22.4 Å². The average molecular weight is 403 g/mol. The molecule has 0 atom stereocenters. The van der Waals surface area contributed by atoms with Crippen molar-refractivity contribution in [1.82, 2.24) is 9.62 Å². The maximum Gasteiger partial charge on any atom is 0.248 e. The molecule has 2 aromatic carbocycles. The van der Waals surface area contributed by atoms with E-state index < -0.39 is 15.9 Å². The molecule has 0 aromatic heterocycles. The molecule has 0 unspecified atom stereocenters. The zero-order chi connectivity index (χ0) is 20.1. The minimum Gasteiger partial charge on any atom is -0.354 e. The fourth-order valence-corrected chi connectivity index (χ4v) is 4.08. The number of piperazine rings is 1. The van der Waals surface area contributed by atoms with E-state index in [1.165, 1.54) is 54.6 Å². The summed E-state index contributed by atoms with van der Waals surface area (Å²) in [5, 5.41) is 5.16. The Hall–Kier alpha value is -3.04. The first kappa shape index (κ1) is 19.7. The van der Waals surface area contributed by atoms with Gasteiger partial charge in [-0.25, -0.2) is 12.8 Å². The number of amides is 2. The monoisotopic (exact) mass is 403 g/mol. The Morgan fingerprint density at radius 3 is 2.64 bits per heavy atom. The van der Waals surface area contributed by atoms with Crippen molar-refractivity contribution in [1.29, 1.82) is 0 Å². The summed E-state index contributed by atoms with van der Waals surface area (Å²) in [6, 6.07) is 11.4. The SMILES string of the molecule is O=C(C=Cc1ccc(F)cc1)Nc1cccc(S(=O)(=O)N2CCNC(=O)C2)c1. The lowest BCUT2D eigenvalue weighted by molar-refractivity contribution is -0.122. The Morgan fingerprint density at radius 1 is 1.18 bits per heavy atom. The van der Waals surface area contributed by atoms with Crippen molar-refractivity contribution in [3.8, 4) is 0 Å². The number of carbonyl (C=O) groups is 2. The van der Waals surface area contributed by atoms with Gasteiger partial charge in [0.15, 0.2) is 0 Å². The quantitative estimate of drug-likeness (QED) is 0.742. The predicted molar refractivity (Wildman–Crippen MR) is 102 cm³/mol. The molecule has 1 aliphatic heterocycles. The molecule has 28 heavy (non-hydrogen) atoms. The van der Waals surface area contributed by atoms with Crippen LogP contribution in [0.1, 0.15) is 5.56 Å². The van der Waals surface area contributed by atoms with Gasteiger partial charge < -0.3 is 10.6 Å². The number of rotatable bonds is 5. The number of nitrogens with zero attached hydrogens (tertiary/aromatic N) is 1. The molecule has 1 heterocycles. The molecule has 0 radical (unpaired) electrons. The van der Waals surface area contributed by atoms with E-state index in [1.54, 1.807) is 6.07 Å². The summed E-state index contributed by atoms with van der Waals surface area (Å²) in [5.41, 5.74) is 0.951. The van der Waals surface area contributed by atoms with Gasteiger partial charge in [0.05, 0.1) is 11.4 Å². The molecular weight excluding hydrogens is 385 g/mol. The van der Waals surface area contributed by atoms with Crippen LogP contribution in [-0.2, 0) is 19.6 Å². The summed E-state index contributed by atoms with van der Waals surface area (Å²) in [4.78, 5) is 23.5. The van der Waals surface area contributed by atoms with Crippen LogP contribution in [0.3, 0.4) is 0 Å². The second-order valence-corrected chi connectivity index (χ2v) is 8.03. The fraction of sp³-hybridized carbons (Fsp3) is 0.158. The second-order valence-electron chi connectivity index (χ2n) is 6.09. The van der Waals surface area contributed by atoms with Crippen molar-refractivity contribution in [2.45, 2.75) is 4.90 Å². The van der Waals surface area contributed by atoms with Crippen molar-refractivity contribution in [2.75, 3.05) is 25.0 Å². The molecule has 1 aliphatic rings. The van der Waals surface area contributed by atoms with Crippen LogP contribution in [0.4, 0.5) is 10.1 Å². The highest BCUT2D eigenvalue weighted by Crippen LogP contribution is 2.20. The standard InChI is InChI=1S/C19H18FN3O4S/c20-15-7-4-14(5-8-15)6-9-18(24)22-16-2-1-3-17(12-16)28(26,27)23-11-10-21-19(25)13-23/h1-9,12H,10-11,13H2,(H,21,25)(H,22,24). The largest absolute Gasteiger partial charge is 0.354 e. The van der Waals surface area contributed by atoms with E-state index in [0.29, 0.717) is 11.3 Å². The first-order chi connectivity index (χ1) is 13.3. The maximum atomic E-state index is 12.9. The zero-order valence-electron chi connectivity index (χ0n) is 14.8. The fourth-order valence-electron chi connectivity index (χ4n) is 2.63. The third kappa shape index (κ3) is 4.81. The van der Waals surface area contributed by atoms with Crippen LogP contribution in [0.2, 0.25) is 0 Å². The van der Waals surface area contributed by atoms with Gasteiger partial charge in [-0.15, -0.1) is 0 Å². The molecule has 3 rings (SSSR count). The number of sulfonamides is 1. The number of hydrogen-bond donors (Lipinski definition) is 2. The number of benzene rings is 2. The summed E-state index contributed by atoms with van der Waals surface area (Å²) in [7, 11) is -3.84. The van der Waals surface area contributed by atoms with E-state index in [0.717, 1.165) is 4.31 Å². The van der Waals surface area contributed by atoms with Crippen LogP contribution in [0.25, 0.3) is 6.08 Å². The Morgan fingerprint density at radius 2 is 1.93 bits per heavy atom. The number of hydrogen-bond acceptors (Lipinski definition) is 4. The van der Waals surface area contributed by atoms with E-state index in [9.17, 15) is 22.4 Å². The zero-order valence-corrected chi connectivity index (χ0v) is 15.6. The Balaban J connectivity index is 1.71. The van der Waals surface area contributed by atoms with E-state index in [1.807, 2.05) is 0 Å². The highest BCUT2D eigenvalue weighted by atomic mass is 32.2. The number of nitrogens with one attached hydrogen (secondary N) is 2. The molecule has 2 amide bonds. The minimum absolute atomic E-state index is 0.0116. The third-order valence-corrected chi connectivity index (χ3v) is 5.88. The van der Waals surface area contributed by atoms with Crippen LogP contribution >= 0.6 is 0 Å². The predicted octanol–water partition coefficient (Wildman–Crippen LogP) is 1.60. The van der Waals surface area contributed by atoms with Crippen LogP contribution in [0.5, 0.6) is 0 Å². The summed E-state index contributed by atoms with van der Waals surface area (Å²) in [6.07, 6.45) is 2.78. The van der Waals surface area contributed by atoms with Gasteiger partial charge in [0, 0.05) is 24.9 Å². The van der Waals surface area contributed by atoms with Gasteiger partial charge in [0.2, 0.25) is 21.8 Å². The third-order valence-electron chi connectivity index (χ3n) is 4.04. The second kappa shape index (κ2) is 8.32. The lowest BCUT2D eigenvalue weighted by atomic mass is 10.2. The Labute approximate surface area is 161 Å². The van der Waals surface area contributed by atoms with Crippen molar-refractivity contribution in [3.63, 3.8) is 0 Å². The molecule has 1 saturated heterocycles. The molecular formula is C19H18FN3O4S. The highest BCUT2D eigenvalue weighted by molar-refractivity contribution is 7.89.